The van der Waals surface area contributed by atoms with E-state index in [2.05, 4.69) is 26.0 Å². The maximum atomic E-state index is 12.3. The fourth-order valence-electron chi connectivity index (χ4n) is 1.65. The molecule has 0 aliphatic heterocycles. The Hall–Kier alpha value is -0.410. The van der Waals surface area contributed by atoms with Crippen LogP contribution in [0.5, 0.6) is 0 Å². The number of rotatable bonds is 9. The zero-order valence-electron chi connectivity index (χ0n) is 12.8. The fourth-order valence-corrected chi connectivity index (χ4v) is 3.81. The summed E-state index contributed by atoms with van der Waals surface area (Å²) >= 11 is 3.16. The number of hydrogen-bond donors (Lipinski definition) is 2. The van der Waals surface area contributed by atoms with Crippen molar-refractivity contribution in [3.63, 3.8) is 0 Å². The van der Waals surface area contributed by atoms with Gasteiger partial charge in [0.25, 0.3) is 0 Å². The van der Waals surface area contributed by atoms with Crippen LogP contribution in [0.15, 0.2) is 20.0 Å². The lowest BCUT2D eigenvalue weighted by Gasteiger charge is -2.11. The number of halogens is 1. The molecule has 8 heteroatoms. The average Bonchev–Trinajstić information content (AvgIpc) is 2.77. The summed E-state index contributed by atoms with van der Waals surface area (Å²) in [6.07, 6.45) is 0. The molecule has 1 aromatic rings. The Balaban J connectivity index is 2.74. The van der Waals surface area contributed by atoms with Crippen molar-refractivity contribution in [2.24, 2.45) is 5.92 Å². The summed E-state index contributed by atoms with van der Waals surface area (Å²) in [6, 6.07) is 1.82. The average molecular weight is 383 g/mol. The minimum absolute atomic E-state index is 0.0949. The molecular formula is C13H23BrN2O4S. The van der Waals surface area contributed by atoms with Crippen LogP contribution in [0.3, 0.4) is 0 Å². The van der Waals surface area contributed by atoms with E-state index in [1.54, 1.807) is 7.11 Å². The molecule has 0 saturated heterocycles. The van der Waals surface area contributed by atoms with Gasteiger partial charge in [0.15, 0.2) is 4.67 Å². The van der Waals surface area contributed by atoms with Crippen LogP contribution in [-0.2, 0) is 21.3 Å². The topological polar surface area (TPSA) is 80.6 Å². The second-order valence-electron chi connectivity index (χ2n) is 5.30. The number of furan rings is 1. The van der Waals surface area contributed by atoms with Crippen LogP contribution in [0.4, 0.5) is 0 Å². The number of nitrogens with one attached hydrogen (secondary N) is 2. The first-order valence-electron chi connectivity index (χ1n) is 6.76. The van der Waals surface area contributed by atoms with Crippen molar-refractivity contribution in [3.8, 4) is 0 Å². The van der Waals surface area contributed by atoms with Crippen molar-refractivity contribution in [2.45, 2.75) is 38.3 Å². The lowest BCUT2D eigenvalue weighted by molar-refractivity contribution is 0.161. The smallest absolute Gasteiger partial charge is 0.244 e. The first kappa shape index (κ1) is 18.6. The van der Waals surface area contributed by atoms with Gasteiger partial charge in [-0.3, -0.25) is 0 Å². The van der Waals surface area contributed by atoms with Gasteiger partial charge in [0.2, 0.25) is 10.0 Å². The Morgan fingerprint density at radius 1 is 1.38 bits per heavy atom. The second-order valence-corrected chi connectivity index (χ2v) is 7.75. The van der Waals surface area contributed by atoms with Crippen LogP contribution >= 0.6 is 15.9 Å². The van der Waals surface area contributed by atoms with Crippen molar-refractivity contribution in [2.75, 3.05) is 20.3 Å². The first-order valence-corrected chi connectivity index (χ1v) is 9.04. The quantitative estimate of drug-likeness (QED) is 0.683. The predicted molar refractivity (Wildman–Crippen MR) is 84.6 cm³/mol. The number of sulfonamides is 1. The molecule has 0 amide bonds. The van der Waals surface area contributed by atoms with E-state index in [0.717, 1.165) is 0 Å². The molecule has 0 spiro atoms. The Morgan fingerprint density at radius 3 is 2.62 bits per heavy atom. The lowest BCUT2D eigenvalue weighted by atomic mass is 10.2. The van der Waals surface area contributed by atoms with Crippen LogP contribution in [0, 0.1) is 5.92 Å². The lowest BCUT2D eigenvalue weighted by Crippen LogP contribution is -2.30. The molecule has 2 N–H and O–H groups in total. The molecule has 122 valence electrons. The molecule has 21 heavy (non-hydrogen) atoms. The minimum Gasteiger partial charge on any atom is -0.452 e. The Bertz CT molecular complexity index is 542. The summed E-state index contributed by atoms with van der Waals surface area (Å²) < 4.78 is 37.7. The van der Waals surface area contributed by atoms with E-state index in [-0.39, 0.29) is 15.5 Å². The monoisotopic (exact) mass is 382 g/mol. The van der Waals surface area contributed by atoms with E-state index in [1.165, 1.54) is 6.07 Å². The van der Waals surface area contributed by atoms with Crippen molar-refractivity contribution in [1.29, 1.82) is 0 Å². The fraction of sp³-hybridized carbons (Fsp3) is 0.692. The molecule has 0 aliphatic carbocycles. The van der Waals surface area contributed by atoms with Crippen molar-refractivity contribution in [1.82, 2.24) is 10.0 Å². The molecule has 0 aromatic carbocycles. The Morgan fingerprint density at radius 2 is 2.05 bits per heavy atom. The van der Waals surface area contributed by atoms with Gasteiger partial charge in [-0.25, -0.2) is 13.1 Å². The van der Waals surface area contributed by atoms with E-state index >= 15 is 0 Å². The SMILES string of the molecule is COCC(C)CNS(=O)(=O)c1cc(CNC(C)C)oc1Br. The number of methoxy groups -OCH3 is 1. The molecular weight excluding hydrogens is 360 g/mol. The van der Waals surface area contributed by atoms with Gasteiger partial charge in [0.1, 0.15) is 10.7 Å². The Kier molecular flexibility index (Phi) is 7.35. The predicted octanol–water partition coefficient (Wildman–Crippen LogP) is 2.10. The maximum absolute atomic E-state index is 12.3. The Labute approximate surface area is 134 Å². The summed E-state index contributed by atoms with van der Waals surface area (Å²) in [5.74, 6) is 0.665. The molecule has 0 fully saturated rings. The third-order valence-corrected chi connectivity index (χ3v) is 5.03. The normalized spacial score (nSPS) is 13.8. The zero-order chi connectivity index (χ0) is 16.0. The standard InChI is InChI=1S/C13H23BrN2O4S/c1-9(2)15-7-11-5-12(13(14)20-11)21(17,18)16-6-10(3)8-19-4/h5,9-10,15-16H,6-8H2,1-4H3. The van der Waals surface area contributed by atoms with E-state index in [9.17, 15) is 8.42 Å². The molecule has 0 radical (unpaired) electrons. The van der Waals surface area contributed by atoms with Crippen LogP contribution in [0.2, 0.25) is 0 Å². The van der Waals surface area contributed by atoms with E-state index in [0.29, 0.717) is 31.5 Å². The molecule has 6 nitrogen and oxygen atoms in total. The summed E-state index contributed by atoms with van der Waals surface area (Å²) in [5.41, 5.74) is 0. The van der Waals surface area contributed by atoms with Crippen molar-refractivity contribution < 1.29 is 17.6 Å². The van der Waals surface area contributed by atoms with Crippen molar-refractivity contribution in [3.05, 3.63) is 16.5 Å². The van der Waals surface area contributed by atoms with Gasteiger partial charge >= 0.3 is 0 Å². The third kappa shape index (κ3) is 6.07. The van der Waals surface area contributed by atoms with Gasteiger partial charge in [-0.05, 0) is 21.8 Å². The highest BCUT2D eigenvalue weighted by molar-refractivity contribution is 9.10. The van der Waals surface area contributed by atoms with Crippen LogP contribution in [0.25, 0.3) is 0 Å². The van der Waals surface area contributed by atoms with Crippen molar-refractivity contribution >= 4 is 26.0 Å². The molecule has 1 unspecified atom stereocenters. The van der Waals surface area contributed by atoms with Gasteiger partial charge in [0, 0.05) is 32.4 Å². The molecule has 0 saturated carbocycles. The van der Waals surface area contributed by atoms with Gasteiger partial charge in [-0.1, -0.05) is 20.8 Å². The van der Waals surface area contributed by atoms with E-state index < -0.39 is 10.0 Å². The van der Waals surface area contributed by atoms with Gasteiger partial charge in [-0.2, -0.15) is 0 Å². The summed E-state index contributed by atoms with van der Waals surface area (Å²) in [6.45, 7) is 7.22. The van der Waals surface area contributed by atoms with Gasteiger partial charge in [0.05, 0.1) is 6.54 Å². The summed E-state index contributed by atoms with van der Waals surface area (Å²) in [5, 5.41) is 3.17. The first-order chi connectivity index (χ1) is 9.76. The highest BCUT2D eigenvalue weighted by Gasteiger charge is 2.22. The van der Waals surface area contributed by atoms with E-state index in [1.807, 2.05) is 20.8 Å². The zero-order valence-corrected chi connectivity index (χ0v) is 15.2. The van der Waals surface area contributed by atoms with Gasteiger partial charge in [-0.15, -0.1) is 0 Å². The van der Waals surface area contributed by atoms with Crippen LogP contribution in [0.1, 0.15) is 26.5 Å². The summed E-state index contributed by atoms with van der Waals surface area (Å²) in [7, 11) is -2.01. The highest BCUT2D eigenvalue weighted by Crippen LogP contribution is 2.26. The largest absolute Gasteiger partial charge is 0.452 e. The maximum Gasteiger partial charge on any atom is 0.244 e. The van der Waals surface area contributed by atoms with Crippen LogP contribution < -0.4 is 10.0 Å². The number of hydrogen-bond acceptors (Lipinski definition) is 5. The van der Waals surface area contributed by atoms with Crippen LogP contribution in [-0.4, -0.2) is 34.7 Å². The molecule has 1 aromatic heterocycles. The molecule has 0 aliphatic rings. The van der Waals surface area contributed by atoms with Gasteiger partial charge < -0.3 is 14.5 Å². The second kappa shape index (κ2) is 8.28. The molecule has 1 atom stereocenters. The molecule has 1 rings (SSSR count). The highest BCUT2D eigenvalue weighted by atomic mass is 79.9. The minimum atomic E-state index is -3.60. The summed E-state index contributed by atoms with van der Waals surface area (Å²) in [4.78, 5) is 0.118. The number of ether oxygens (including phenoxy) is 1. The van der Waals surface area contributed by atoms with E-state index in [4.69, 9.17) is 9.15 Å². The molecule has 1 heterocycles. The molecule has 0 bridgehead atoms. The third-order valence-electron chi connectivity index (χ3n) is 2.75.